The molecule has 24 heavy (non-hydrogen) atoms. The summed E-state index contributed by atoms with van der Waals surface area (Å²) in [7, 11) is 0. The minimum absolute atomic E-state index is 0.0808. The number of anilines is 1. The third kappa shape index (κ3) is 4.13. The third-order valence-corrected chi connectivity index (χ3v) is 5.17. The second kappa shape index (κ2) is 7.77. The molecule has 1 N–H and O–H groups in total. The fraction of sp³-hybridized carbons (Fsp3) is 0.579. The number of carbonyl (C=O) groups is 2. The Morgan fingerprint density at radius 1 is 0.958 bits per heavy atom. The van der Waals surface area contributed by atoms with Gasteiger partial charge in [0.05, 0.1) is 5.92 Å². The Morgan fingerprint density at radius 3 is 2.33 bits per heavy atom. The van der Waals surface area contributed by atoms with Crippen molar-refractivity contribution in [3.05, 3.63) is 30.1 Å². The zero-order chi connectivity index (χ0) is 16.9. The van der Waals surface area contributed by atoms with Gasteiger partial charge in [-0.05, 0) is 49.9 Å². The van der Waals surface area contributed by atoms with Crippen LogP contribution >= 0.6 is 0 Å². The number of carbonyl (C=O) groups excluding carboxylic acids is 2. The maximum absolute atomic E-state index is 12.9. The van der Waals surface area contributed by atoms with Crippen LogP contribution in [-0.4, -0.2) is 29.8 Å². The summed E-state index contributed by atoms with van der Waals surface area (Å²) in [5.74, 6) is -0.208. The van der Waals surface area contributed by atoms with Crippen LogP contribution in [0, 0.1) is 17.7 Å². The first-order valence-electron chi connectivity index (χ1n) is 8.99. The molecule has 1 aliphatic heterocycles. The Morgan fingerprint density at radius 2 is 1.62 bits per heavy atom. The van der Waals surface area contributed by atoms with Gasteiger partial charge in [0.25, 0.3) is 0 Å². The van der Waals surface area contributed by atoms with Crippen molar-refractivity contribution in [3.8, 4) is 0 Å². The van der Waals surface area contributed by atoms with E-state index in [0.29, 0.717) is 12.2 Å². The van der Waals surface area contributed by atoms with Crippen LogP contribution in [0.2, 0.25) is 0 Å². The predicted molar refractivity (Wildman–Crippen MR) is 90.9 cm³/mol. The molecular formula is C19H25FN2O2. The van der Waals surface area contributed by atoms with Crippen LogP contribution in [0.1, 0.15) is 44.9 Å². The first kappa shape index (κ1) is 16.9. The van der Waals surface area contributed by atoms with Crippen molar-refractivity contribution in [2.45, 2.75) is 44.9 Å². The van der Waals surface area contributed by atoms with Crippen molar-refractivity contribution in [3.63, 3.8) is 0 Å². The summed E-state index contributed by atoms with van der Waals surface area (Å²) in [5.41, 5.74) is 0.595. The normalized spacial score (nSPS) is 22.2. The lowest BCUT2D eigenvalue weighted by Crippen LogP contribution is -2.46. The number of nitrogens with zero attached hydrogens (tertiary/aromatic N) is 1. The number of nitrogens with one attached hydrogen (secondary N) is 1. The molecule has 1 aromatic rings. The minimum atomic E-state index is -0.324. The van der Waals surface area contributed by atoms with Crippen molar-refractivity contribution in [2.75, 3.05) is 18.4 Å². The summed E-state index contributed by atoms with van der Waals surface area (Å²) in [6, 6.07) is 5.77. The second-order valence-electron chi connectivity index (χ2n) is 6.95. The SMILES string of the molecule is O=C(Nc1ccc(F)cc1)C1CCCN(C(=O)C2CCCCC2)C1. The van der Waals surface area contributed by atoms with E-state index in [9.17, 15) is 14.0 Å². The minimum Gasteiger partial charge on any atom is -0.342 e. The van der Waals surface area contributed by atoms with Gasteiger partial charge in [-0.2, -0.15) is 0 Å². The molecule has 1 unspecified atom stereocenters. The first-order valence-corrected chi connectivity index (χ1v) is 8.99. The largest absolute Gasteiger partial charge is 0.342 e. The summed E-state index contributed by atoms with van der Waals surface area (Å²) >= 11 is 0. The molecule has 1 saturated carbocycles. The highest BCUT2D eigenvalue weighted by atomic mass is 19.1. The molecule has 0 radical (unpaired) electrons. The Hall–Kier alpha value is -1.91. The molecule has 2 fully saturated rings. The molecule has 2 amide bonds. The average molecular weight is 332 g/mol. The maximum atomic E-state index is 12.9. The average Bonchev–Trinajstić information content (AvgIpc) is 2.64. The summed E-state index contributed by atoms with van der Waals surface area (Å²) < 4.78 is 12.9. The predicted octanol–water partition coefficient (Wildman–Crippen LogP) is 3.58. The number of likely N-dealkylation sites (tertiary alicyclic amines) is 1. The van der Waals surface area contributed by atoms with Gasteiger partial charge < -0.3 is 10.2 Å². The van der Waals surface area contributed by atoms with Gasteiger partial charge in [-0.3, -0.25) is 9.59 Å². The van der Waals surface area contributed by atoms with E-state index in [1.165, 1.54) is 18.6 Å². The van der Waals surface area contributed by atoms with Gasteiger partial charge in [-0.1, -0.05) is 19.3 Å². The summed E-state index contributed by atoms with van der Waals surface area (Å²) in [6.07, 6.45) is 7.13. The van der Waals surface area contributed by atoms with E-state index in [4.69, 9.17) is 0 Å². The number of halogens is 1. The van der Waals surface area contributed by atoms with E-state index in [1.54, 1.807) is 12.1 Å². The Bertz CT molecular complexity index is 582. The molecule has 5 heteroatoms. The molecule has 1 aromatic carbocycles. The highest BCUT2D eigenvalue weighted by molar-refractivity contribution is 5.93. The van der Waals surface area contributed by atoms with E-state index in [-0.39, 0.29) is 29.5 Å². The Balaban J connectivity index is 1.57. The lowest BCUT2D eigenvalue weighted by molar-refractivity contribution is -0.139. The van der Waals surface area contributed by atoms with E-state index in [1.807, 2.05) is 4.90 Å². The first-order chi connectivity index (χ1) is 11.6. The fourth-order valence-electron chi connectivity index (χ4n) is 3.78. The van der Waals surface area contributed by atoms with Crippen molar-refractivity contribution in [1.29, 1.82) is 0 Å². The molecule has 2 aliphatic rings. The molecular weight excluding hydrogens is 307 g/mol. The molecule has 1 saturated heterocycles. The third-order valence-electron chi connectivity index (χ3n) is 5.17. The number of hydrogen-bond donors (Lipinski definition) is 1. The molecule has 4 nitrogen and oxygen atoms in total. The molecule has 130 valence electrons. The maximum Gasteiger partial charge on any atom is 0.229 e. The molecule has 1 atom stereocenters. The monoisotopic (exact) mass is 332 g/mol. The molecule has 1 heterocycles. The number of rotatable bonds is 3. The van der Waals surface area contributed by atoms with Crippen molar-refractivity contribution < 1.29 is 14.0 Å². The molecule has 0 aromatic heterocycles. The van der Waals surface area contributed by atoms with Crippen LogP contribution in [0.3, 0.4) is 0 Å². The zero-order valence-corrected chi connectivity index (χ0v) is 14.0. The summed E-state index contributed by atoms with van der Waals surface area (Å²) in [6.45, 7) is 1.26. The van der Waals surface area contributed by atoms with Crippen molar-refractivity contribution in [2.24, 2.45) is 11.8 Å². The van der Waals surface area contributed by atoms with E-state index in [0.717, 1.165) is 45.1 Å². The van der Waals surface area contributed by atoms with Gasteiger partial charge in [0.15, 0.2) is 0 Å². The summed E-state index contributed by atoms with van der Waals surface area (Å²) in [4.78, 5) is 27.0. The van der Waals surface area contributed by atoms with E-state index >= 15 is 0 Å². The van der Waals surface area contributed by atoms with Crippen LogP contribution in [0.25, 0.3) is 0 Å². The second-order valence-corrected chi connectivity index (χ2v) is 6.95. The number of benzene rings is 1. The standard InChI is InChI=1S/C19H25FN2O2/c20-16-8-10-17(11-9-16)21-18(23)15-7-4-12-22(13-15)19(24)14-5-2-1-3-6-14/h8-11,14-15H,1-7,12-13H2,(H,21,23). The van der Waals surface area contributed by atoms with Crippen LogP contribution < -0.4 is 5.32 Å². The van der Waals surface area contributed by atoms with Crippen LogP contribution in [0.15, 0.2) is 24.3 Å². The molecule has 1 aliphatic carbocycles. The lowest BCUT2D eigenvalue weighted by Gasteiger charge is -2.35. The highest BCUT2D eigenvalue weighted by Crippen LogP contribution is 2.28. The quantitative estimate of drug-likeness (QED) is 0.920. The van der Waals surface area contributed by atoms with Gasteiger partial charge in [0.2, 0.25) is 11.8 Å². The topological polar surface area (TPSA) is 49.4 Å². The van der Waals surface area contributed by atoms with Crippen LogP contribution in [-0.2, 0) is 9.59 Å². The Labute approximate surface area is 142 Å². The zero-order valence-electron chi connectivity index (χ0n) is 14.0. The van der Waals surface area contributed by atoms with Gasteiger partial charge in [-0.15, -0.1) is 0 Å². The summed E-state index contributed by atoms with van der Waals surface area (Å²) in [5, 5.41) is 2.83. The van der Waals surface area contributed by atoms with E-state index in [2.05, 4.69) is 5.32 Å². The smallest absolute Gasteiger partial charge is 0.229 e. The number of hydrogen-bond acceptors (Lipinski definition) is 2. The molecule has 3 rings (SSSR count). The van der Waals surface area contributed by atoms with Gasteiger partial charge in [0, 0.05) is 24.7 Å². The van der Waals surface area contributed by atoms with Crippen molar-refractivity contribution >= 4 is 17.5 Å². The lowest BCUT2D eigenvalue weighted by atomic mass is 9.87. The van der Waals surface area contributed by atoms with Gasteiger partial charge in [0.1, 0.15) is 5.82 Å². The van der Waals surface area contributed by atoms with Crippen LogP contribution in [0.5, 0.6) is 0 Å². The highest BCUT2D eigenvalue weighted by Gasteiger charge is 2.32. The van der Waals surface area contributed by atoms with Crippen molar-refractivity contribution in [1.82, 2.24) is 4.90 Å². The number of piperidine rings is 1. The Kier molecular flexibility index (Phi) is 5.48. The van der Waals surface area contributed by atoms with Gasteiger partial charge >= 0.3 is 0 Å². The van der Waals surface area contributed by atoms with Crippen LogP contribution in [0.4, 0.5) is 10.1 Å². The number of amides is 2. The van der Waals surface area contributed by atoms with Gasteiger partial charge in [-0.25, -0.2) is 4.39 Å². The van der Waals surface area contributed by atoms with E-state index < -0.39 is 0 Å². The molecule has 0 bridgehead atoms. The fourth-order valence-corrected chi connectivity index (χ4v) is 3.78. The molecule has 0 spiro atoms.